The zero-order valence-corrected chi connectivity index (χ0v) is 13.8. The van der Waals surface area contributed by atoms with Gasteiger partial charge in [0.15, 0.2) is 0 Å². The van der Waals surface area contributed by atoms with Crippen molar-refractivity contribution in [2.45, 2.75) is 43.4 Å². The van der Waals surface area contributed by atoms with E-state index in [1.165, 1.54) is 0 Å². The third-order valence-electron chi connectivity index (χ3n) is 3.54. The second-order valence-corrected chi connectivity index (χ2v) is 9.31. The molecule has 0 bridgehead atoms. The standard InChI is InChI=1S/C13H22N2O3S2/c1-10-12(8-11(9-14)18-10)20(16,17)15-5-4-13(2,3)19-7-6-15/h8H,4-7,9,14H2,1-3H3. The lowest BCUT2D eigenvalue weighted by molar-refractivity contribution is 0.413. The van der Waals surface area contributed by atoms with Gasteiger partial charge in [0.1, 0.15) is 16.4 Å². The fraction of sp³-hybridized carbons (Fsp3) is 0.692. The molecule has 0 aliphatic carbocycles. The normalized spacial score (nSPS) is 20.8. The highest BCUT2D eigenvalue weighted by molar-refractivity contribution is 8.00. The molecule has 1 fully saturated rings. The van der Waals surface area contributed by atoms with Crippen LogP contribution in [-0.4, -0.2) is 36.3 Å². The molecule has 1 aliphatic rings. The van der Waals surface area contributed by atoms with E-state index >= 15 is 0 Å². The molecule has 0 radical (unpaired) electrons. The molecule has 2 N–H and O–H groups in total. The fourth-order valence-corrected chi connectivity index (χ4v) is 5.10. The first-order chi connectivity index (χ1) is 9.26. The van der Waals surface area contributed by atoms with E-state index in [2.05, 4.69) is 13.8 Å². The molecule has 2 rings (SSSR count). The maximum Gasteiger partial charge on any atom is 0.246 e. The summed E-state index contributed by atoms with van der Waals surface area (Å²) in [6, 6.07) is 1.55. The summed E-state index contributed by atoms with van der Waals surface area (Å²) in [4.78, 5) is 0.252. The summed E-state index contributed by atoms with van der Waals surface area (Å²) in [5.74, 6) is 1.74. The van der Waals surface area contributed by atoms with E-state index in [9.17, 15) is 8.42 Å². The maximum absolute atomic E-state index is 12.7. The predicted octanol–water partition coefficient (Wildman–Crippen LogP) is 1.95. The van der Waals surface area contributed by atoms with Crippen molar-refractivity contribution in [3.8, 4) is 0 Å². The number of furan rings is 1. The van der Waals surface area contributed by atoms with E-state index in [-0.39, 0.29) is 16.2 Å². The minimum Gasteiger partial charge on any atom is -0.464 e. The molecular weight excluding hydrogens is 296 g/mol. The van der Waals surface area contributed by atoms with Crippen molar-refractivity contribution < 1.29 is 12.8 Å². The molecule has 0 aromatic carbocycles. The Balaban J connectivity index is 2.28. The number of rotatable bonds is 3. The van der Waals surface area contributed by atoms with Gasteiger partial charge in [-0.05, 0) is 13.3 Å². The zero-order valence-electron chi connectivity index (χ0n) is 12.2. The summed E-state index contributed by atoms with van der Waals surface area (Å²) in [5.41, 5.74) is 5.51. The predicted molar refractivity (Wildman–Crippen MR) is 81.2 cm³/mol. The van der Waals surface area contributed by atoms with Gasteiger partial charge in [-0.1, -0.05) is 13.8 Å². The Bertz CT molecular complexity index is 578. The third kappa shape index (κ3) is 3.21. The van der Waals surface area contributed by atoms with Crippen LogP contribution in [-0.2, 0) is 16.6 Å². The van der Waals surface area contributed by atoms with Gasteiger partial charge in [-0.2, -0.15) is 16.1 Å². The van der Waals surface area contributed by atoms with E-state index < -0.39 is 10.0 Å². The van der Waals surface area contributed by atoms with Crippen molar-refractivity contribution in [3.05, 3.63) is 17.6 Å². The minimum atomic E-state index is -3.48. The lowest BCUT2D eigenvalue weighted by Crippen LogP contribution is -2.33. The Morgan fingerprint density at radius 2 is 2.15 bits per heavy atom. The Morgan fingerprint density at radius 1 is 1.45 bits per heavy atom. The molecule has 0 atom stereocenters. The molecule has 7 heteroatoms. The molecule has 0 amide bonds. The molecule has 20 heavy (non-hydrogen) atoms. The van der Waals surface area contributed by atoms with Crippen LogP contribution in [0.4, 0.5) is 0 Å². The topological polar surface area (TPSA) is 76.5 Å². The average Bonchev–Trinajstić information content (AvgIpc) is 2.64. The van der Waals surface area contributed by atoms with E-state index in [0.717, 1.165) is 12.2 Å². The van der Waals surface area contributed by atoms with Gasteiger partial charge >= 0.3 is 0 Å². The van der Waals surface area contributed by atoms with Crippen LogP contribution >= 0.6 is 11.8 Å². The Hall–Kier alpha value is -0.500. The number of sulfonamides is 1. The van der Waals surface area contributed by atoms with E-state index in [0.29, 0.717) is 24.6 Å². The van der Waals surface area contributed by atoms with E-state index in [1.807, 2.05) is 11.8 Å². The van der Waals surface area contributed by atoms with Crippen LogP contribution in [0.25, 0.3) is 0 Å². The molecule has 0 saturated carbocycles. The van der Waals surface area contributed by atoms with Crippen molar-refractivity contribution in [1.29, 1.82) is 0 Å². The average molecular weight is 318 g/mol. The summed E-state index contributed by atoms with van der Waals surface area (Å²) in [6.45, 7) is 7.28. The summed E-state index contributed by atoms with van der Waals surface area (Å²) in [7, 11) is -3.48. The van der Waals surface area contributed by atoms with E-state index in [1.54, 1.807) is 17.3 Å². The monoisotopic (exact) mass is 318 g/mol. The highest BCUT2D eigenvalue weighted by atomic mass is 32.2. The van der Waals surface area contributed by atoms with Crippen LogP contribution in [0.3, 0.4) is 0 Å². The Labute approximate surface area is 124 Å². The molecule has 0 unspecified atom stereocenters. The summed E-state index contributed by atoms with van der Waals surface area (Å²) >= 11 is 1.82. The number of aryl methyl sites for hydroxylation is 1. The van der Waals surface area contributed by atoms with Gasteiger partial charge in [-0.3, -0.25) is 0 Å². The van der Waals surface area contributed by atoms with Crippen LogP contribution in [0, 0.1) is 6.92 Å². The van der Waals surface area contributed by atoms with Crippen molar-refractivity contribution in [3.63, 3.8) is 0 Å². The number of nitrogens with two attached hydrogens (primary N) is 1. The van der Waals surface area contributed by atoms with Gasteiger partial charge in [0.2, 0.25) is 10.0 Å². The molecule has 114 valence electrons. The van der Waals surface area contributed by atoms with Crippen LogP contribution in [0.2, 0.25) is 0 Å². The lowest BCUT2D eigenvalue weighted by atomic mass is 10.1. The van der Waals surface area contributed by atoms with E-state index in [4.69, 9.17) is 10.2 Å². The molecule has 2 heterocycles. The molecule has 0 spiro atoms. The summed E-state index contributed by atoms with van der Waals surface area (Å²) < 4.78 is 32.5. The van der Waals surface area contributed by atoms with Crippen LogP contribution in [0.15, 0.2) is 15.4 Å². The first kappa shape index (κ1) is 15.9. The van der Waals surface area contributed by atoms with Gasteiger partial charge < -0.3 is 10.2 Å². The maximum atomic E-state index is 12.7. The quantitative estimate of drug-likeness (QED) is 0.922. The molecule has 1 aromatic rings. The van der Waals surface area contributed by atoms with Crippen molar-refractivity contribution >= 4 is 21.8 Å². The summed E-state index contributed by atoms with van der Waals surface area (Å²) in [6.07, 6.45) is 0.845. The van der Waals surface area contributed by atoms with Gasteiger partial charge in [-0.25, -0.2) is 8.42 Å². The highest BCUT2D eigenvalue weighted by Crippen LogP contribution is 2.33. The van der Waals surface area contributed by atoms with Crippen LogP contribution < -0.4 is 5.73 Å². The second kappa shape index (κ2) is 5.71. The minimum absolute atomic E-state index is 0.123. The molecule has 1 aromatic heterocycles. The first-order valence-corrected chi connectivity index (χ1v) is 9.12. The number of hydrogen-bond acceptors (Lipinski definition) is 5. The van der Waals surface area contributed by atoms with Crippen molar-refractivity contribution in [2.24, 2.45) is 5.73 Å². The highest BCUT2D eigenvalue weighted by Gasteiger charge is 2.32. The number of hydrogen-bond donors (Lipinski definition) is 1. The Kier molecular flexibility index (Phi) is 4.53. The second-order valence-electron chi connectivity index (χ2n) is 5.60. The fourth-order valence-electron chi connectivity index (χ4n) is 2.26. The van der Waals surface area contributed by atoms with Crippen LogP contribution in [0.5, 0.6) is 0 Å². The molecule has 5 nitrogen and oxygen atoms in total. The van der Waals surface area contributed by atoms with Gasteiger partial charge in [-0.15, -0.1) is 0 Å². The Morgan fingerprint density at radius 3 is 2.75 bits per heavy atom. The van der Waals surface area contributed by atoms with Gasteiger partial charge in [0.05, 0.1) is 6.54 Å². The van der Waals surface area contributed by atoms with Gasteiger partial charge in [0.25, 0.3) is 0 Å². The largest absolute Gasteiger partial charge is 0.464 e. The number of nitrogens with zero attached hydrogens (tertiary/aromatic N) is 1. The molecular formula is C13H22N2O3S2. The van der Waals surface area contributed by atoms with Crippen molar-refractivity contribution in [2.75, 3.05) is 18.8 Å². The molecule has 1 saturated heterocycles. The first-order valence-electron chi connectivity index (χ1n) is 6.70. The molecule has 1 aliphatic heterocycles. The van der Waals surface area contributed by atoms with Gasteiger partial charge in [0, 0.05) is 29.7 Å². The SMILES string of the molecule is Cc1oc(CN)cc1S(=O)(=O)N1CCSC(C)(C)CC1. The summed E-state index contributed by atoms with van der Waals surface area (Å²) in [5, 5.41) is 0. The van der Waals surface area contributed by atoms with Crippen LogP contribution in [0.1, 0.15) is 31.8 Å². The van der Waals surface area contributed by atoms with Crippen molar-refractivity contribution in [1.82, 2.24) is 4.31 Å². The third-order valence-corrected chi connectivity index (χ3v) is 6.92. The smallest absolute Gasteiger partial charge is 0.246 e. The lowest BCUT2D eigenvalue weighted by Gasteiger charge is -2.22. The zero-order chi connectivity index (χ0) is 15.0. The number of thioether (sulfide) groups is 1.